The van der Waals surface area contributed by atoms with E-state index in [0.29, 0.717) is 12.0 Å². The van der Waals surface area contributed by atoms with Crippen LogP contribution >= 0.6 is 0 Å². The lowest BCUT2D eigenvalue weighted by Gasteiger charge is -2.37. The highest BCUT2D eigenvalue weighted by Gasteiger charge is 2.40. The number of amides is 1. The Labute approximate surface area is 153 Å². The van der Waals surface area contributed by atoms with Crippen molar-refractivity contribution in [1.82, 2.24) is 10.6 Å². The molecule has 1 aliphatic rings. The number of carbonyl (C=O) groups is 1. The highest BCUT2D eigenvalue weighted by molar-refractivity contribution is 5.83. The molecule has 0 aliphatic carbocycles. The summed E-state index contributed by atoms with van der Waals surface area (Å²) in [4.78, 5) is 13.2. The highest BCUT2D eigenvalue weighted by Crippen LogP contribution is 2.34. The minimum Gasteiger partial charge on any atom is -0.394 e. The van der Waals surface area contributed by atoms with E-state index in [4.69, 9.17) is 0 Å². The van der Waals surface area contributed by atoms with Crippen LogP contribution in [0.15, 0.2) is 54.6 Å². The molecule has 4 nitrogen and oxygen atoms in total. The molecule has 1 atom stereocenters. The third-order valence-electron chi connectivity index (χ3n) is 5.19. The quantitative estimate of drug-likeness (QED) is 0.746. The van der Waals surface area contributed by atoms with E-state index in [1.165, 1.54) is 12.1 Å². The van der Waals surface area contributed by atoms with Gasteiger partial charge in [0.25, 0.3) is 0 Å². The van der Waals surface area contributed by atoms with Crippen LogP contribution in [0.2, 0.25) is 0 Å². The third kappa shape index (κ3) is 4.29. The molecule has 2 aromatic rings. The number of rotatable bonds is 6. The van der Waals surface area contributed by atoms with E-state index < -0.39 is 11.5 Å². The number of nitrogens with one attached hydrogen (secondary N) is 2. The van der Waals surface area contributed by atoms with Crippen molar-refractivity contribution >= 4 is 5.91 Å². The van der Waals surface area contributed by atoms with Crippen LogP contribution in [-0.4, -0.2) is 30.7 Å². The monoisotopic (exact) mass is 356 g/mol. The molecule has 1 heterocycles. The van der Waals surface area contributed by atoms with Crippen molar-refractivity contribution in [2.75, 3.05) is 19.7 Å². The van der Waals surface area contributed by atoms with Crippen LogP contribution < -0.4 is 10.6 Å². The van der Waals surface area contributed by atoms with E-state index in [1.54, 1.807) is 12.1 Å². The van der Waals surface area contributed by atoms with Crippen molar-refractivity contribution in [2.24, 2.45) is 5.41 Å². The number of halogens is 1. The summed E-state index contributed by atoms with van der Waals surface area (Å²) in [5.41, 5.74) is 1.33. The van der Waals surface area contributed by atoms with E-state index in [2.05, 4.69) is 10.6 Å². The maximum absolute atomic E-state index is 13.2. The lowest BCUT2D eigenvalue weighted by atomic mass is 9.73. The summed E-state index contributed by atoms with van der Waals surface area (Å²) in [5, 5.41) is 16.1. The number of aliphatic hydroxyl groups excluding tert-OH is 1. The number of hydrogen-bond donors (Lipinski definition) is 3. The average Bonchev–Trinajstić information content (AvgIpc) is 2.68. The fourth-order valence-electron chi connectivity index (χ4n) is 3.62. The topological polar surface area (TPSA) is 61.4 Å². The average molecular weight is 356 g/mol. The molecule has 5 heteroatoms. The van der Waals surface area contributed by atoms with Gasteiger partial charge in [0.1, 0.15) is 5.82 Å². The molecular formula is C21H25FN2O2. The zero-order valence-corrected chi connectivity index (χ0v) is 14.7. The van der Waals surface area contributed by atoms with Gasteiger partial charge in [0.2, 0.25) is 5.91 Å². The molecule has 0 spiro atoms. The molecule has 26 heavy (non-hydrogen) atoms. The normalized spacial score (nSPS) is 17.5. The second kappa shape index (κ2) is 8.43. The molecule has 0 saturated carbocycles. The Balaban J connectivity index is 1.79. The maximum atomic E-state index is 13.2. The molecule has 1 aliphatic heterocycles. The van der Waals surface area contributed by atoms with Crippen LogP contribution in [-0.2, 0) is 11.2 Å². The second-order valence-corrected chi connectivity index (χ2v) is 6.95. The molecule has 0 aromatic heterocycles. The predicted molar refractivity (Wildman–Crippen MR) is 99.1 cm³/mol. The van der Waals surface area contributed by atoms with Crippen LogP contribution in [0, 0.1) is 11.2 Å². The van der Waals surface area contributed by atoms with Crippen molar-refractivity contribution < 1.29 is 14.3 Å². The van der Waals surface area contributed by atoms with Crippen molar-refractivity contribution in [3.8, 4) is 0 Å². The van der Waals surface area contributed by atoms with Gasteiger partial charge in [-0.1, -0.05) is 42.5 Å². The molecule has 2 aromatic carbocycles. The summed E-state index contributed by atoms with van der Waals surface area (Å²) in [6, 6.07) is 15.4. The Morgan fingerprint density at radius 3 is 2.38 bits per heavy atom. The summed E-state index contributed by atoms with van der Waals surface area (Å²) in [6.45, 7) is 1.36. The summed E-state index contributed by atoms with van der Waals surface area (Å²) < 4.78 is 13.2. The molecule has 138 valence electrons. The first-order chi connectivity index (χ1) is 12.6. The summed E-state index contributed by atoms with van der Waals surface area (Å²) in [6.07, 6.45) is 2.16. The largest absolute Gasteiger partial charge is 0.394 e. The van der Waals surface area contributed by atoms with Gasteiger partial charge in [0.05, 0.1) is 18.1 Å². The first-order valence-corrected chi connectivity index (χ1v) is 9.05. The zero-order valence-electron chi connectivity index (χ0n) is 14.7. The molecule has 1 fully saturated rings. The Morgan fingerprint density at radius 1 is 1.12 bits per heavy atom. The molecule has 1 amide bonds. The fourth-order valence-corrected chi connectivity index (χ4v) is 3.62. The van der Waals surface area contributed by atoms with Crippen molar-refractivity contribution in [3.05, 3.63) is 71.5 Å². The van der Waals surface area contributed by atoms with E-state index in [9.17, 15) is 14.3 Å². The summed E-state index contributed by atoms with van der Waals surface area (Å²) in [7, 11) is 0. The first-order valence-electron chi connectivity index (χ1n) is 9.05. The molecule has 3 N–H and O–H groups in total. The van der Waals surface area contributed by atoms with Gasteiger partial charge in [-0.2, -0.15) is 0 Å². The van der Waals surface area contributed by atoms with Gasteiger partial charge in [0, 0.05) is 0 Å². The third-order valence-corrected chi connectivity index (χ3v) is 5.19. The minimum atomic E-state index is -0.536. The van der Waals surface area contributed by atoms with Gasteiger partial charge in [-0.15, -0.1) is 0 Å². The molecule has 3 rings (SSSR count). The molecule has 0 unspecified atom stereocenters. The molecule has 0 radical (unpaired) electrons. The number of aliphatic hydroxyl groups is 1. The van der Waals surface area contributed by atoms with Gasteiger partial charge in [0.15, 0.2) is 0 Å². The predicted octanol–water partition coefficient (Wildman–Crippen LogP) is 2.59. The van der Waals surface area contributed by atoms with Crippen molar-refractivity contribution in [3.63, 3.8) is 0 Å². The Bertz CT molecular complexity index is 713. The Hall–Kier alpha value is -2.24. The van der Waals surface area contributed by atoms with Gasteiger partial charge in [-0.25, -0.2) is 4.39 Å². The fraction of sp³-hybridized carbons (Fsp3) is 0.381. The van der Waals surface area contributed by atoms with Crippen LogP contribution in [0.3, 0.4) is 0 Å². The number of hydrogen-bond acceptors (Lipinski definition) is 3. The van der Waals surface area contributed by atoms with Crippen molar-refractivity contribution in [1.29, 1.82) is 0 Å². The summed E-state index contributed by atoms with van der Waals surface area (Å²) >= 11 is 0. The van der Waals surface area contributed by atoms with Gasteiger partial charge < -0.3 is 15.7 Å². The number of benzene rings is 2. The SMILES string of the molecule is O=C(N[C@@H](CO)c1ccc(F)cc1)C1(Cc2ccccc2)CCNCC1. The van der Waals surface area contributed by atoms with Crippen LogP contribution in [0.25, 0.3) is 0 Å². The van der Waals surface area contributed by atoms with Gasteiger partial charge >= 0.3 is 0 Å². The van der Waals surface area contributed by atoms with Crippen molar-refractivity contribution in [2.45, 2.75) is 25.3 Å². The molecule has 1 saturated heterocycles. The lowest BCUT2D eigenvalue weighted by Crippen LogP contribution is -2.50. The van der Waals surface area contributed by atoms with E-state index >= 15 is 0 Å². The summed E-state index contributed by atoms with van der Waals surface area (Å²) in [5.74, 6) is -0.387. The van der Waals surface area contributed by atoms with E-state index in [0.717, 1.165) is 31.5 Å². The first kappa shape index (κ1) is 18.5. The maximum Gasteiger partial charge on any atom is 0.227 e. The number of carbonyl (C=O) groups excluding carboxylic acids is 1. The highest BCUT2D eigenvalue weighted by atomic mass is 19.1. The second-order valence-electron chi connectivity index (χ2n) is 6.95. The molecular weight excluding hydrogens is 331 g/mol. The van der Waals surface area contributed by atoms with Crippen LogP contribution in [0.4, 0.5) is 4.39 Å². The van der Waals surface area contributed by atoms with E-state index in [1.807, 2.05) is 30.3 Å². The zero-order chi connectivity index (χ0) is 18.4. The van der Waals surface area contributed by atoms with Crippen LogP contribution in [0.1, 0.15) is 30.0 Å². The molecule has 0 bridgehead atoms. The lowest BCUT2D eigenvalue weighted by molar-refractivity contribution is -0.133. The van der Waals surface area contributed by atoms with Crippen LogP contribution in [0.5, 0.6) is 0 Å². The Morgan fingerprint density at radius 2 is 1.77 bits per heavy atom. The van der Waals surface area contributed by atoms with Gasteiger partial charge in [-0.05, 0) is 55.6 Å². The standard InChI is InChI=1S/C21H25FN2O2/c22-18-8-6-17(7-9-18)19(15-25)24-20(26)21(10-12-23-13-11-21)14-16-4-2-1-3-5-16/h1-9,19,23,25H,10-15H2,(H,24,26)/t19-/m0/s1. The Kier molecular flexibility index (Phi) is 6.01. The smallest absolute Gasteiger partial charge is 0.227 e. The van der Waals surface area contributed by atoms with E-state index in [-0.39, 0.29) is 18.3 Å². The minimum absolute atomic E-state index is 0.0498. The number of piperidine rings is 1. The van der Waals surface area contributed by atoms with Gasteiger partial charge in [-0.3, -0.25) is 4.79 Å².